The quantitative estimate of drug-likeness (QED) is 0.515. The van der Waals surface area contributed by atoms with E-state index in [1.807, 2.05) is 43.3 Å². The molecule has 0 spiro atoms. The lowest BCUT2D eigenvalue weighted by molar-refractivity contribution is -0.127. The number of para-hydroxylation sites is 2. The molecule has 0 aliphatic heterocycles. The van der Waals surface area contributed by atoms with Crippen LogP contribution < -0.4 is 5.56 Å². The molecule has 0 saturated carbocycles. The van der Waals surface area contributed by atoms with E-state index in [0.29, 0.717) is 16.7 Å². The number of aromatic nitrogens is 3. The summed E-state index contributed by atoms with van der Waals surface area (Å²) in [7, 11) is 1.71. The molecule has 0 aliphatic rings. The van der Waals surface area contributed by atoms with Crippen LogP contribution >= 0.6 is 11.8 Å². The maximum Gasteiger partial charge on any atom is 0.258 e. The van der Waals surface area contributed by atoms with E-state index >= 15 is 0 Å². The molecule has 2 heterocycles. The molecule has 2 aromatic heterocycles. The average Bonchev–Trinajstić information content (AvgIpc) is 2.72. The molecule has 29 heavy (non-hydrogen) atoms. The van der Waals surface area contributed by atoms with Gasteiger partial charge in [0.2, 0.25) is 5.91 Å². The predicted molar refractivity (Wildman–Crippen MR) is 116 cm³/mol. The molecule has 0 bridgehead atoms. The van der Waals surface area contributed by atoms with Crippen molar-refractivity contribution >= 4 is 39.5 Å². The summed E-state index contributed by atoms with van der Waals surface area (Å²) in [6, 6.07) is 17.1. The van der Waals surface area contributed by atoms with Gasteiger partial charge in [-0.1, -0.05) is 42.1 Å². The highest BCUT2D eigenvalue weighted by molar-refractivity contribution is 7.99. The second kappa shape index (κ2) is 8.05. The van der Waals surface area contributed by atoms with Gasteiger partial charge in [-0.05, 0) is 36.8 Å². The normalized spacial score (nSPS) is 11.1. The summed E-state index contributed by atoms with van der Waals surface area (Å²) in [5, 5.41) is 2.48. The summed E-state index contributed by atoms with van der Waals surface area (Å²) in [6.07, 6.45) is 0. The number of hydrogen-bond donors (Lipinski definition) is 1. The molecule has 2 aromatic carbocycles. The lowest BCUT2D eigenvalue weighted by Gasteiger charge is -2.16. The monoisotopic (exact) mass is 404 g/mol. The van der Waals surface area contributed by atoms with Crippen LogP contribution in [0.2, 0.25) is 0 Å². The van der Waals surface area contributed by atoms with Gasteiger partial charge in [0.1, 0.15) is 5.82 Å². The highest BCUT2D eigenvalue weighted by Gasteiger charge is 2.13. The Morgan fingerprint density at radius 1 is 1.03 bits per heavy atom. The molecule has 7 heteroatoms. The fourth-order valence-electron chi connectivity index (χ4n) is 3.16. The van der Waals surface area contributed by atoms with Crippen LogP contribution in [0.4, 0.5) is 0 Å². The van der Waals surface area contributed by atoms with E-state index in [2.05, 4.69) is 15.0 Å². The Labute approximate surface area is 172 Å². The standard InChI is InChI=1S/C22H20N4O2S/c1-14-11-20(24-17-9-5-3-7-15(14)17)29-13-21(27)26(2)12-19-23-18-10-6-4-8-16(18)22(28)25-19/h3-11H,12-13H2,1-2H3,(H,23,25,28). The van der Waals surface area contributed by atoms with Crippen LogP contribution in [0.25, 0.3) is 21.8 Å². The van der Waals surface area contributed by atoms with E-state index in [1.165, 1.54) is 11.8 Å². The number of carbonyl (C=O) groups is 1. The van der Waals surface area contributed by atoms with Crippen LogP contribution in [0.5, 0.6) is 0 Å². The average molecular weight is 404 g/mol. The first kappa shape index (κ1) is 19.1. The van der Waals surface area contributed by atoms with Crippen molar-refractivity contribution in [1.82, 2.24) is 19.9 Å². The minimum absolute atomic E-state index is 0.0570. The van der Waals surface area contributed by atoms with Gasteiger partial charge >= 0.3 is 0 Å². The van der Waals surface area contributed by atoms with Gasteiger partial charge in [-0.3, -0.25) is 9.59 Å². The first-order valence-electron chi connectivity index (χ1n) is 9.22. The van der Waals surface area contributed by atoms with Gasteiger partial charge in [-0.2, -0.15) is 0 Å². The smallest absolute Gasteiger partial charge is 0.258 e. The first-order valence-corrected chi connectivity index (χ1v) is 10.2. The molecule has 0 radical (unpaired) electrons. The van der Waals surface area contributed by atoms with Crippen molar-refractivity contribution in [3.05, 3.63) is 76.3 Å². The van der Waals surface area contributed by atoms with Crippen LogP contribution in [-0.2, 0) is 11.3 Å². The maximum absolute atomic E-state index is 12.6. The molecule has 6 nitrogen and oxygen atoms in total. The number of thioether (sulfide) groups is 1. The number of H-pyrrole nitrogens is 1. The van der Waals surface area contributed by atoms with Gasteiger partial charge in [0, 0.05) is 12.4 Å². The van der Waals surface area contributed by atoms with Crippen molar-refractivity contribution in [3.8, 4) is 0 Å². The van der Waals surface area contributed by atoms with E-state index < -0.39 is 0 Å². The Hall–Kier alpha value is -3.19. The summed E-state index contributed by atoms with van der Waals surface area (Å²) < 4.78 is 0. The maximum atomic E-state index is 12.6. The van der Waals surface area contributed by atoms with Crippen molar-refractivity contribution < 1.29 is 4.79 Å². The molecule has 0 saturated heterocycles. The first-order chi connectivity index (χ1) is 14.0. The number of pyridine rings is 1. The number of hydrogen-bond acceptors (Lipinski definition) is 5. The van der Waals surface area contributed by atoms with E-state index in [4.69, 9.17) is 0 Å². The third-order valence-electron chi connectivity index (χ3n) is 4.72. The zero-order valence-corrected chi connectivity index (χ0v) is 17.0. The largest absolute Gasteiger partial charge is 0.338 e. The van der Waals surface area contributed by atoms with Crippen molar-refractivity contribution in [2.24, 2.45) is 0 Å². The number of benzene rings is 2. The molecule has 4 rings (SSSR count). The van der Waals surface area contributed by atoms with E-state index in [-0.39, 0.29) is 23.8 Å². The molecule has 0 unspecified atom stereocenters. The summed E-state index contributed by atoms with van der Waals surface area (Å²) in [5.41, 5.74) is 2.49. The lowest BCUT2D eigenvalue weighted by atomic mass is 10.1. The summed E-state index contributed by atoms with van der Waals surface area (Å²) in [4.78, 5) is 38.2. The molecule has 4 aromatic rings. The zero-order chi connectivity index (χ0) is 20.4. The topological polar surface area (TPSA) is 79.0 Å². The van der Waals surface area contributed by atoms with E-state index in [9.17, 15) is 9.59 Å². The van der Waals surface area contributed by atoms with Crippen molar-refractivity contribution in [3.63, 3.8) is 0 Å². The van der Waals surface area contributed by atoms with Crippen LogP contribution in [-0.4, -0.2) is 38.6 Å². The number of amides is 1. The Balaban J connectivity index is 1.44. The number of nitrogens with zero attached hydrogens (tertiary/aromatic N) is 3. The summed E-state index contributed by atoms with van der Waals surface area (Å²) in [6.45, 7) is 2.29. The third-order valence-corrected chi connectivity index (χ3v) is 5.61. The van der Waals surface area contributed by atoms with Gasteiger partial charge in [0.25, 0.3) is 5.56 Å². The summed E-state index contributed by atoms with van der Waals surface area (Å²) in [5.74, 6) is 0.673. The molecule has 0 atom stereocenters. The van der Waals surface area contributed by atoms with Crippen molar-refractivity contribution in [1.29, 1.82) is 0 Å². The molecule has 146 valence electrons. The van der Waals surface area contributed by atoms with Crippen LogP contribution in [0.3, 0.4) is 0 Å². The number of carbonyl (C=O) groups excluding carboxylic acids is 1. The van der Waals surface area contributed by atoms with Gasteiger partial charge in [-0.25, -0.2) is 9.97 Å². The summed E-state index contributed by atoms with van der Waals surface area (Å²) >= 11 is 1.41. The van der Waals surface area contributed by atoms with Crippen LogP contribution in [0, 0.1) is 6.92 Å². The van der Waals surface area contributed by atoms with Crippen molar-refractivity contribution in [2.75, 3.05) is 12.8 Å². The van der Waals surface area contributed by atoms with Gasteiger partial charge in [0.15, 0.2) is 0 Å². The minimum atomic E-state index is -0.198. The van der Waals surface area contributed by atoms with Crippen LogP contribution in [0.1, 0.15) is 11.4 Å². The second-order valence-corrected chi connectivity index (χ2v) is 7.86. The molecule has 1 N–H and O–H groups in total. The Bertz CT molecular complexity index is 1270. The number of aryl methyl sites for hydroxylation is 1. The predicted octanol–water partition coefficient (Wildman–Crippen LogP) is 3.53. The van der Waals surface area contributed by atoms with E-state index in [1.54, 1.807) is 30.1 Å². The molecular weight excluding hydrogens is 384 g/mol. The van der Waals surface area contributed by atoms with Gasteiger partial charge < -0.3 is 9.88 Å². The van der Waals surface area contributed by atoms with Crippen molar-refractivity contribution in [2.45, 2.75) is 18.5 Å². The highest BCUT2D eigenvalue weighted by Crippen LogP contribution is 2.23. The fourth-order valence-corrected chi connectivity index (χ4v) is 4.08. The molecule has 1 amide bonds. The third kappa shape index (κ3) is 4.14. The molecule has 0 aliphatic carbocycles. The SMILES string of the molecule is Cc1cc(SCC(=O)N(C)Cc2nc3ccccc3c(=O)[nH]2)nc2ccccc12. The number of fused-ring (bicyclic) bond motifs is 2. The van der Waals surface area contributed by atoms with Gasteiger partial charge in [0.05, 0.1) is 33.7 Å². The fraction of sp³-hybridized carbons (Fsp3) is 0.182. The van der Waals surface area contributed by atoms with E-state index in [0.717, 1.165) is 21.5 Å². The minimum Gasteiger partial charge on any atom is -0.338 e. The molecule has 0 fully saturated rings. The zero-order valence-electron chi connectivity index (χ0n) is 16.2. The Morgan fingerprint density at radius 2 is 1.69 bits per heavy atom. The Kier molecular flexibility index (Phi) is 5.31. The lowest BCUT2D eigenvalue weighted by Crippen LogP contribution is -2.29. The van der Waals surface area contributed by atoms with Gasteiger partial charge in [-0.15, -0.1) is 0 Å². The van der Waals surface area contributed by atoms with Crippen LogP contribution in [0.15, 0.2) is 64.4 Å². The number of nitrogens with one attached hydrogen (secondary N) is 1. The second-order valence-electron chi connectivity index (χ2n) is 6.86. The number of rotatable bonds is 5. The highest BCUT2D eigenvalue weighted by atomic mass is 32.2. The number of aromatic amines is 1. The Morgan fingerprint density at radius 3 is 2.45 bits per heavy atom. The molecular formula is C22H20N4O2S.